The minimum Gasteiger partial charge on any atom is -0.379 e. The quantitative estimate of drug-likeness (QED) is 0.667. The molecule has 3 nitrogen and oxygen atoms in total. The smallest absolute Gasteiger partial charge is 0.0594 e. The molecule has 0 aromatic heterocycles. The fourth-order valence-electron chi connectivity index (χ4n) is 3.49. The molecule has 2 atom stereocenters. The van der Waals surface area contributed by atoms with E-state index < -0.39 is 0 Å². The van der Waals surface area contributed by atoms with Gasteiger partial charge >= 0.3 is 0 Å². The molecule has 2 N–H and O–H groups in total. The largest absolute Gasteiger partial charge is 0.379 e. The summed E-state index contributed by atoms with van der Waals surface area (Å²) in [6, 6.07) is 1.28. The number of rotatable bonds is 1. The Morgan fingerprint density at radius 3 is 2.43 bits per heavy atom. The highest BCUT2D eigenvalue weighted by atomic mass is 16.5. The molecular formula is C11H20N2O. The Labute approximate surface area is 85.6 Å². The highest BCUT2D eigenvalue weighted by Gasteiger charge is 2.58. The van der Waals surface area contributed by atoms with E-state index in [2.05, 4.69) is 4.90 Å². The minimum absolute atomic E-state index is 0.490. The summed E-state index contributed by atoms with van der Waals surface area (Å²) in [5.41, 5.74) is 6.68. The Hall–Kier alpha value is -0.120. The second-order valence-electron chi connectivity index (χ2n) is 5.09. The lowest BCUT2D eigenvalue weighted by molar-refractivity contribution is -0.124. The number of morpholine rings is 1. The van der Waals surface area contributed by atoms with Crippen molar-refractivity contribution in [2.75, 3.05) is 26.3 Å². The van der Waals surface area contributed by atoms with Gasteiger partial charge in [-0.1, -0.05) is 6.42 Å². The second-order valence-corrected chi connectivity index (χ2v) is 5.09. The van der Waals surface area contributed by atoms with Gasteiger partial charge in [-0.25, -0.2) is 0 Å². The van der Waals surface area contributed by atoms with E-state index in [1.165, 1.54) is 25.7 Å². The van der Waals surface area contributed by atoms with E-state index in [4.69, 9.17) is 10.5 Å². The highest BCUT2D eigenvalue weighted by molar-refractivity contribution is 5.13. The molecule has 0 bridgehead atoms. The molecule has 1 spiro atoms. The van der Waals surface area contributed by atoms with Gasteiger partial charge in [-0.15, -0.1) is 0 Å². The molecule has 0 aromatic rings. The molecule has 14 heavy (non-hydrogen) atoms. The van der Waals surface area contributed by atoms with E-state index in [1.54, 1.807) is 0 Å². The van der Waals surface area contributed by atoms with Gasteiger partial charge < -0.3 is 10.5 Å². The third-order valence-electron chi connectivity index (χ3n) is 4.65. The van der Waals surface area contributed by atoms with Crippen molar-refractivity contribution in [2.45, 2.75) is 37.8 Å². The van der Waals surface area contributed by atoms with Crippen molar-refractivity contribution in [3.63, 3.8) is 0 Å². The zero-order valence-electron chi connectivity index (χ0n) is 8.74. The van der Waals surface area contributed by atoms with Crippen molar-refractivity contribution < 1.29 is 4.74 Å². The lowest BCUT2D eigenvalue weighted by Crippen LogP contribution is -2.70. The van der Waals surface area contributed by atoms with E-state index >= 15 is 0 Å². The SMILES string of the molecule is NC1CC(N2CCOCC2)C12CCC2. The van der Waals surface area contributed by atoms with Crippen LogP contribution in [0.4, 0.5) is 0 Å². The van der Waals surface area contributed by atoms with Crippen molar-refractivity contribution in [3.05, 3.63) is 0 Å². The van der Waals surface area contributed by atoms with Crippen LogP contribution in [0.25, 0.3) is 0 Å². The first-order valence-corrected chi connectivity index (χ1v) is 5.90. The third kappa shape index (κ3) is 1.09. The molecule has 0 radical (unpaired) electrons. The Morgan fingerprint density at radius 2 is 1.93 bits per heavy atom. The highest BCUT2D eigenvalue weighted by Crippen LogP contribution is 2.56. The molecule has 2 saturated carbocycles. The zero-order valence-corrected chi connectivity index (χ0v) is 8.74. The van der Waals surface area contributed by atoms with Crippen LogP contribution in [-0.2, 0) is 4.74 Å². The fraction of sp³-hybridized carbons (Fsp3) is 1.00. The summed E-state index contributed by atoms with van der Waals surface area (Å²) in [6.45, 7) is 4.09. The van der Waals surface area contributed by atoms with Crippen molar-refractivity contribution in [1.29, 1.82) is 0 Å². The predicted molar refractivity (Wildman–Crippen MR) is 55.1 cm³/mol. The maximum atomic E-state index is 6.16. The van der Waals surface area contributed by atoms with Crippen LogP contribution in [0.5, 0.6) is 0 Å². The first kappa shape index (κ1) is 9.13. The third-order valence-corrected chi connectivity index (χ3v) is 4.65. The van der Waals surface area contributed by atoms with Gasteiger partial charge in [-0.05, 0) is 19.3 Å². The van der Waals surface area contributed by atoms with E-state index in [9.17, 15) is 0 Å². The normalized spacial score (nSPS) is 41.8. The van der Waals surface area contributed by atoms with Crippen LogP contribution >= 0.6 is 0 Å². The maximum Gasteiger partial charge on any atom is 0.0594 e. The average molecular weight is 196 g/mol. The number of hydrogen-bond acceptors (Lipinski definition) is 3. The summed E-state index contributed by atoms with van der Waals surface area (Å²) in [5, 5.41) is 0. The fourth-order valence-corrected chi connectivity index (χ4v) is 3.49. The molecule has 80 valence electrons. The van der Waals surface area contributed by atoms with Crippen molar-refractivity contribution in [3.8, 4) is 0 Å². The van der Waals surface area contributed by atoms with Gasteiger partial charge in [0.05, 0.1) is 13.2 Å². The van der Waals surface area contributed by atoms with Crippen LogP contribution in [0, 0.1) is 5.41 Å². The first-order chi connectivity index (χ1) is 6.83. The van der Waals surface area contributed by atoms with Gasteiger partial charge in [-0.3, -0.25) is 4.90 Å². The molecule has 1 heterocycles. The van der Waals surface area contributed by atoms with Gasteiger partial charge in [-0.2, -0.15) is 0 Å². The number of nitrogens with two attached hydrogens (primary N) is 1. The molecule has 1 saturated heterocycles. The van der Waals surface area contributed by atoms with Crippen LogP contribution < -0.4 is 5.73 Å². The molecule has 1 aliphatic heterocycles. The molecular weight excluding hydrogens is 176 g/mol. The number of ether oxygens (including phenoxy) is 1. The van der Waals surface area contributed by atoms with E-state index in [1.807, 2.05) is 0 Å². The lowest BCUT2D eigenvalue weighted by Gasteiger charge is -2.63. The minimum atomic E-state index is 0.490. The average Bonchev–Trinajstić information content (AvgIpc) is 2.13. The molecule has 3 heteroatoms. The Balaban J connectivity index is 1.67. The predicted octanol–water partition coefficient (Wildman–Crippen LogP) is 0.588. The van der Waals surface area contributed by atoms with Crippen LogP contribution in [0.15, 0.2) is 0 Å². The standard InChI is InChI=1S/C11H20N2O/c12-9-8-10(11(9)2-1-3-11)13-4-6-14-7-5-13/h9-10H,1-8,12H2. The number of nitrogens with zero attached hydrogens (tertiary/aromatic N) is 1. The molecule has 3 rings (SSSR count). The topological polar surface area (TPSA) is 38.5 Å². The number of hydrogen-bond donors (Lipinski definition) is 1. The van der Waals surface area contributed by atoms with E-state index in [0.29, 0.717) is 11.5 Å². The van der Waals surface area contributed by atoms with Gasteiger partial charge in [0.25, 0.3) is 0 Å². The zero-order chi connectivity index (χ0) is 9.60. The van der Waals surface area contributed by atoms with E-state index in [0.717, 1.165) is 32.3 Å². The molecule has 0 aromatic carbocycles. The van der Waals surface area contributed by atoms with Crippen molar-refractivity contribution in [2.24, 2.45) is 11.1 Å². The van der Waals surface area contributed by atoms with Gasteiger partial charge in [0.1, 0.15) is 0 Å². The first-order valence-electron chi connectivity index (χ1n) is 5.90. The Kier molecular flexibility index (Phi) is 2.08. The summed E-state index contributed by atoms with van der Waals surface area (Å²) in [5.74, 6) is 0. The molecule has 3 aliphatic rings. The molecule has 2 unspecified atom stereocenters. The summed E-state index contributed by atoms with van der Waals surface area (Å²) in [7, 11) is 0. The van der Waals surface area contributed by atoms with Crippen LogP contribution in [0.3, 0.4) is 0 Å². The van der Waals surface area contributed by atoms with Crippen LogP contribution in [-0.4, -0.2) is 43.3 Å². The second kappa shape index (κ2) is 3.19. The van der Waals surface area contributed by atoms with Gasteiger partial charge in [0.2, 0.25) is 0 Å². The summed E-state index contributed by atoms with van der Waals surface area (Å²) in [6.07, 6.45) is 5.36. The van der Waals surface area contributed by atoms with Gasteiger partial charge in [0.15, 0.2) is 0 Å². The van der Waals surface area contributed by atoms with E-state index in [-0.39, 0.29) is 0 Å². The lowest BCUT2D eigenvalue weighted by atomic mass is 9.49. The molecule has 3 fully saturated rings. The maximum absolute atomic E-state index is 6.16. The summed E-state index contributed by atoms with van der Waals surface area (Å²) in [4.78, 5) is 2.62. The molecule has 2 aliphatic carbocycles. The van der Waals surface area contributed by atoms with Crippen LogP contribution in [0.2, 0.25) is 0 Å². The molecule has 0 amide bonds. The van der Waals surface area contributed by atoms with Crippen molar-refractivity contribution >= 4 is 0 Å². The van der Waals surface area contributed by atoms with Gasteiger partial charge in [0, 0.05) is 30.6 Å². The summed E-state index contributed by atoms with van der Waals surface area (Å²) < 4.78 is 5.39. The van der Waals surface area contributed by atoms with Crippen LogP contribution in [0.1, 0.15) is 25.7 Å². The Morgan fingerprint density at radius 1 is 1.21 bits per heavy atom. The monoisotopic (exact) mass is 196 g/mol. The summed E-state index contributed by atoms with van der Waals surface area (Å²) >= 11 is 0. The van der Waals surface area contributed by atoms with Crippen molar-refractivity contribution in [1.82, 2.24) is 4.90 Å². The Bertz CT molecular complexity index is 221.